The van der Waals surface area contributed by atoms with Crippen molar-refractivity contribution in [1.29, 1.82) is 0 Å². The second kappa shape index (κ2) is 5.51. The van der Waals surface area contributed by atoms with Crippen molar-refractivity contribution in [2.45, 2.75) is 19.1 Å². The van der Waals surface area contributed by atoms with Gasteiger partial charge in [-0.2, -0.15) is 0 Å². The van der Waals surface area contributed by atoms with Crippen LogP contribution in [0.1, 0.15) is 17.3 Å². The summed E-state index contributed by atoms with van der Waals surface area (Å²) in [5.74, 6) is -1.40. The van der Waals surface area contributed by atoms with Crippen molar-refractivity contribution in [3.05, 3.63) is 23.8 Å². The molecule has 1 aromatic carbocycles. The maximum absolute atomic E-state index is 11.6. The number of amides is 1. The number of phenolic OH excluding ortho intramolecular Hbond substituents is 2. The summed E-state index contributed by atoms with van der Waals surface area (Å²) >= 11 is 0. The first-order valence-corrected chi connectivity index (χ1v) is 5.16. The smallest absolute Gasteiger partial charge is 0.255 e. The van der Waals surface area contributed by atoms with Gasteiger partial charge in [-0.05, 0) is 19.1 Å². The number of hydrogen-bond donors (Lipinski definition) is 5. The molecule has 1 amide bonds. The van der Waals surface area contributed by atoms with Gasteiger partial charge in [-0.3, -0.25) is 4.79 Å². The van der Waals surface area contributed by atoms with Gasteiger partial charge in [-0.25, -0.2) is 0 Å². The molecule has 6 nitrogen and oxygen atoms in total. The number of phenols is 2. The Bertz CT molecular complexity index is 406. The van der Waals surface area contributed by atoms with Crippen LogP contribution in [0.3, 0.4) is 0 Å². The molecule has 6 N–H and O–H groups in total. The Kier molecular flexibility index (Phi) is 4.30. The van der Waals surface area contributed by atoms with E-state index in [0.717, 1.165) is 0 Å². The number of aliphatic hydroxyl groups excluding tert-OH is 1. The Labute approximate surface area is 98.7 Å². The third-order valence-electron chi connectivity index (χ3n) is 2.38. The molecule has 1 rings (SSSR count). The van der Waals surface area contributed by atoms with Crippen molar-refractivity contribution >= 4 is 5.91 Å². The number of nitrogens with two attached hydrogens (primary N) is 1. The summed E-state index contributed by atoms with van der Waals surface area (Å²) in [5, 5.41) is 30.3. The lowest BCUT2D eigenvalue weighted by Crippen LogP contribution is -2.43. The number of carbonyl (C=O) groups is 1. The highest BCUT2D eigenvalue weighted by atomic mass is 16.3. The zero-order valence-electron chi connectivity index (χ0n) is 9.42. The number of para-hydroxylation sites is 1. The molecule has 0 aromatic heterocycles. The highest BCUT2D eigenvalue weighted by Gasteiger charge is 2.15. The van der Waals surface area contributed by atoms with E-state index in [0.29, 0.717) is 0 Å². The third kappa shape index (κ3) is 3.33. The lowest BCUT2D eigenvalue weighted by molar-refractivity contribution is 0.0934. The number of benzene rings is 1. The molecule has 1 aromatic rings. The van der Waals surface area contributed by atoms with E-state index in [9.17, 15) is 15.0 Å². The second-order valence-corrected chi connectivity index (χ2v) is 3.79. The van der Waals surface area contributed by atoms with Gasteiger partial charge in [0.05, 0.1) is 11.7 Å². The Morgan fingerprint density at radius 1 is 1.47 bits per heavy atom. The normalized spacial score (nSPS) is 14.1. The molecule has 0 aliphatic carbocycles. The van der Waals surface area contributed by atoms with Gasteiger partial charge in [-0.15, -0.1) is 0 Å². The molecule has 0 radical (unpaired) electrons. The fourth-order valence-electron chi connectivity index (χ4n) is 1.19. The lowest BCUT2D eigenvalue weighted by Gasteiger charge is -2.15. The number of rotatable bonds is 4. The summed E-state index contributed by atoms with van der Waals surface area (Å²) in [5.41, 5.74) is 5.50. The van der Waals surface area contributed by atoms with Gasteiger partial charge in [0.2, 0.25) is 0 Å². The van der Waals surface area contributed by atoms with Gasteiger partial charge in [0.25, 0.3) is 5.91 Å². The Hall–Kier alpha value is -1.79. The van der Waals surface area contributed by atoms with E-state index in [-0.39, 0.29) is 17.9 Å². The van der Waals surface area contributed by atoms with Crippen LogP contribution in [-0.2, 0) is 0 Å². The largest absolute Gasteiger partial charge is 0.504 e. The van der Waals surface area contributed by atoms with Gasteiger partial charge in [0.1, 0.15) is 0 Å². The minimum atomic E-state index is -0.743. The van der Waals surface area contributed by atoms with Crippen LogP contribution in [0.5, 0.6) is 11.5 Å². The molecule has 6 heteroatoms. The summed E-state index contributed by atoms with van der Waals surface area (Å²) in [6.07, 6.45) is -0.743. The molecule has 2 unspecified atom stereocenters. The van der Waals surface area contributed by atoms with Crippen LogP contribution in [0, 0.1) is 0 Å². The molecule has 94 valence electrons. The van der Waals surface area contributed by atoms with Crippen LogP contribution in [-0.4, -0.2) is 39.9 Å². The molecular weight excluding hydrogens is 224 g/mol. The maximum atomic E-state index is 11.6. The molecule has 0 aliphatic rings. The van der Waals surface area contributed by atoms with Crippen molar-refractivity contribution in [2.75, 3.05) is 6.54 Å². The summed E-state index contributed by atoms with van der Waals surface area (Å²) in [6, 6.07) is 3.50. The molecule has 0 saturated heterocycles. The SMILES string of the molecule is CC(O)C(N)CNC(=O)c1cccc(O)c1O. The molecule has 17 heavy (non-hydrogen) atoms. The van der Waals surface area contributed by atoms with Gasteiger partial charge in [-0.1, -0.05) is 6.07 Å². The number of nitrogens with one attached hydrogen (secondary N) is 1. The van der Waals surface area contributed by atoms with Crippen LogP contribution >= 0.6 is 0 Å². The van der Waals surface area contributed by atoms with Crippen molar-refractivity contribution in [3.63, 3.8) is 0 Å². The number of aliphatic hydroxyl groups is 1. The average molecular weight is 240 g/mol. The summed E-state index contributed by atoms with van der Waals surface area (Å²) in [7, 11) is 0. The molecule has 0 aliphatic heterocycles. The van der Waals surface area contributed by atoms with Crippen LogP contribution in [0.2, 0.25) is 0 Å². The van der Waals surface area contributed by atoms with Gasteiger partial charge >= 0.3 is 0 Å². The van der Waals surface area contributed by atoms with E-state index in [1.165, 1.54) is 25.1 Å². The van der Waals surface area contributed by atoms with E-state index in [2.05, 4.69) is 5.32 Å². The van der Waals surface area contributed by atoms with E-state index < -0.39 is 23.8 Å². The van der Waals surface area contributed by atoms with Gasteiger partial charge in [0, 0.05) is 12.6 Å². The van der Waals surface area contributed by atoms with Crippen LogP contribution in [0.15, 0.2) is 18.2 Å². The van der Waals surface area contributed by atoms with Crippen LogP contribution in [0.4, 0.5) is 0 Å². The van der Waals surface area contributed by atoms with E-state index in [1.54, 1.807) is 0 Å². The topological polar surface area (TPSA) is 116 Å². The minimum Gasteiger partial charge on any atom is -0.504 e. The van der Waals surface area contributed by atoms with Crippen LogP contribution in [0.25, 0.3) is 0 Å². The Balaban J connectivity index is 2.68. The highest BCUT2D eigenvalue weighted by molar-refractivity contribution is 5.97. The molecule has 0 spiro atoms. The van der Waals surface area contributed by atoms with E-state index >= 15 is 0 Å². The lowest BCUT2D eigenvalue weighted by atomic mass is 10.1. The van der Waals surface area contributed by atoms with Gasteiger partial charge in [0.15, 0.2) is 11.5 Å². The quantitative estimate of drug-likeness (QED) is 0.456. The van der Waals surface area contributed by atoms with E-state index in [1.807, 2.05) is 0 Å². The van der Waals surface area contributed by atoms with Gasteiger partial charge < -0.3 is 26.4 Å². The number of carbonyl (C=O) groups excluding carboxylic acids is 1. The van der Waals surface area contributed by atoms with E-state index in [4.69, 9.17) is 10.8 Å². The highest BCUT2D eigenvalue weighted by Crippen LogP contribution is 2.27. The molecule has 0 bridgehead atoms. The first-order chi connectivity index (χ1) is 7.93. The zero-order chi connectivity index (χ0) is 13.0. The average Bonchev–Trinajstić information content (AvgIpc) is 2.29. The molecule has 2 atom stereocenters. The first-order valence-electron chi connectivity index (χ1n) is 5.16. The standard InChI is InChI=1S/C11H16N2O4/c1-6(14)8(12)5-13-11(17)7-3-2-4-9(15)10(7)16/h2-4,6,8,14-16H,5,12H2,1H3,(H,13,17). The number of aromatic hydroxyl groups is 2. The van der Waals surface area contributed by atoms with Crippen molar-refractivity contribution in [2.24, 2.45) is 5.73 Å². The Morgan fingerprint density at radius 3 is 2.71 bits per heavy atom. The monoisotopic (exact) mass is 240 g/mol. The minimum absolute atomic E-state index is 0.0391. The molecular formula is C11H16N2O4. The fraction of sp³-hybridized carbons (Fsp3) is 0.364. The Morgan fingerprint density at radius 2 is 2.12 bits per heavy atom. The molecule has 0 saturated carbocycles. The third-order valence-corrected chi connectivity index (χ3v) is 2.38. The summed E-state index contributed by atoms with van der Waals surface area (Å²) < 4.78 is 0. The number of hydrogen-bond acceptors (Lipinski definition) is 5. The van der Waals surface area contributed by atoms with Crippen molar-refractivity contribution < 1.29 is 20.1 Å². The predicted molar refractivity (Wildman–Crippen MR) is 61.8 cm³/mol. The summed E-state index contributed by atoms with van der Waals surface area (Å²) in [6.45, 7) is 1.59. The second-order valence-electron chi connectivity index (χ2n) is 3.79. The molecule has 0 heterocycles. The van der Waals surface area contributed by atoms with Crippen molar-refractivity contribution in [3.8, 4) is 11.5 Å². The molecule has 0 fully saturated rings. The summed E-state index contributed by atoms with van der Waals surface area (Å²) in [4.78, 5) is 11.6. The first kappa shape index (κ1) is 13.3. The maximum Gasteiger partial charge on any atom is 0.255 e. The fourth-order valence-corrected chi connectivity index (χ4v) is 1.19. The van der Waals surface area contributed by atoms with Crippen LogP contribution < -0.4 is 11.1 Å². The van der Waals surface area contributed by atoms with Crippen molar-refractivity contribution in [1.82, 2.24) is 5.32 Å². The zero-order valence-corrected chi connectivity index (χ0v) is 9.42. The predicted octanol–water partition coefficient (Wildman–Crippen LogP) is -0.464.